The van der Waals surface area contributed by atoms with Crippen molar-refractivity contribution in [3.05, 3.63) is 0 Å². The fourth-order valence-corrected chi connectivity index (χ4v) is 9.13. The molecule has 3 heteroatoms. The highest BCUT2D eigenvalue weighted by molar-refractivity contribution is 5.67. The first kappa shape index (κ1) is 20.7. The molecule has 4 aliphatic carbocycles. The Balaban J connectivity index is 1.54. The molecule has 0 aromatic heterocycles. The van der Waals surface area contributed by atoms with Gasteiger partial charge in [0.2, 0.25) is 0 Å². The summed E-state index contributed by atoms with van der Waals surface area (Å²) in [5.41, 5.74) is 0.862. The van der Waals surface area contributed by atoms with Gasteiger partial charge in [0.05, 0.1) is 13.1 Å². The fourth-order valence-electron chi connectivity index (χ4n) is 9.13. The molecule has 4 rings (SSSR count). The quantitative estimate of drug-likeness (QED) is 0.563. The number of rotatable bonds is 5. The van der Waals surface area contributed by atoms with Crippen LogP contribution in [0.25, 0.3) is 0 Å². The summed E-state index contributed by atoms with van der Waals surface area (Å²) in [7, 11) is 0. The molecule has 2 nitrogen and oxygen atoms in total. The standard InChI is InChI=1S/C25H41FO2/c1-16(17(15-26)14-23(27)28)20-9-10-21-19-8-7-18-6-4-5-12-24(18,2)22(19)11-13-25(20,21)3/h16-22H,4-15H2,1-3H3,(H,27,28)/t16-,17?,18?,19+,20-,21+,22+,24+,25-/m1/s1. The first-order valence-electron chi connectivity index (χ1n) is 12.1. The summed E-state index contributed by atoms with van der Waals surface area (Å²) in [4.78, 5) is 11.2. The maximum absolute atomic E-state index is 13.7. The van der Waals surface area contributed by atoms with Crippen LogP contribution < -0.4 is 0 Å². The Morgan fingerprint density at radius 2 is 1.75 bits per heavy atom. The van der Waals surface area contributed by atoms with Crippen LogP contribution in [0.4, 0.5) is 4.39 Å². The van der Waals surface area contributed by atoms with Gasteiger partial charge in [0.1, 0.15) is 0 Å². The van der Waals surface area contributed by atoms with E-state index in [-0.39, 0.29) is 18.3 Å². The summed E-state index contributed by atoms with van der Waals surface area (Å²) in [6.07, 6.45) is 13.7. The second-order valence-corrected chi connectivity index (χ2v) is 11.5. The lowest BCUT2D eigenvalue weighted by Gasteiger charge is -2.61. The van der Waals surface area contributed by atoms with E-state index in [1.165, 1.54) is 64.2 Å². The SMILES string of the molecule is C[C@H](C(CF)CC(=O)O)[C@H]1CC[C@H]2[C@@H]3CCC4CCCC[C@]4(C)[C@H]3CC[C@]12C. The molecule has 0 bridgehead atoms. The third-order valence-corrected chi connectivity index (χ3v) is 10.7. The van der Waals surface area contributed by atoms with E-state index in [0.717, 1.165) is 23.7 Å². The zero-order chi connectivity index (χ0) is 20.1. The Bertz CT molecular complexity index is 591. The van der Waals surface area contributed by atoms with Crippen molar-refractivity contribution in [2.45, 2.75) is 91.4 Å². The lowest BCUT2D eigenvalue weighted by molar-refractivity contribution is -0.139. The Morgan fingerprint density at radius 3 is 2.46 bits per heavy atom. The second-order valence-electron chi connectivity index (χ2n) is 11.5. The van der Waals surface area contributed by atoms with E-state index in [2.05, 4.69) is 20.8 Å². The van der Waals surface area contributed by atoms with Gasteiger partial charge in [-0.1, -0.05) is 33.6 Å². The summed E-state index contributed by atoms with van der Waals surface area (Å²) < 4.78 is 13.7. The van der Waals surface area contributed by atoms with E-state index in [9.17, 15) is 14.3 Å². The Labute approximate surface area is 171 Å². The number of halogens is 1. The number of alkyl halides is 1. The Hall–Kier alpha value is -0.600. The van der Waals surface area contributed by atoms with Crippen molar-refractivity contribution in [2.75, 3.05) is 6.67 Å². The predicted octanol–water partition coefficient (Wildman–Crippen LogP) is 6.73. The molecule has 0 spiro atoms. The van der Waals surface area contributed by atoms with E-state index in [1.807, 2.05) is 0 Å². The van der Waals surface area contributed by atoms with E-state index in [4.69, 9.17) is 0 Å². The van der Waals surface area contributed by atoms with E-state index in [0.29, 0.717) is 16.7 Å². The van der Waals surface area contributed by atoms with Gasteiger partial charge in [-0.15, -0.1) is 0 Å². The maximum Gasteiger partial charge on any atom is 0.303 e. The third-order valence-electron chi connectivity index (χ3n) is 10.7. The molecule has 160 valence electrons. The van der Waals surface area contributed by atoms with Gasteiger partial charge in [-0.05, 0) is 97.7 Å². The first-order valence-corrected chi connectivity index (χ1v) is 12.1. The zero-order valence-corrected chi connectivity index (χ0v) is 18.3. The molecule has 2 unspecified atom stereocenters. The predicted molar refractivity (Wildman–Crippen MR) is 111 cm³/mol. The van der Waals surface area contributed by atoms with Crippen molar-refractivity contribution in [3.8, 4) is 0 Å². The molecule has 28 heavy (non-hydrogen) atoms. The Kier molecular flexibility index (Phi) is 5.59. The smallest absolute Gasteiger partial charge is 0.303 e. The van der Waals surface area contributed by atoms with Crippen LogP contribution in [0.15, 0.2) is 0 Å². The van der Waals surface area contributed by atoms with E-state index in [1.54, 1.807) is 0 Å². The van der Waals surface area contributed by atoms with Gasteiger partial charge >= 0.3 is 5.97 Å². The molecule has 4 saturated carbocycles. The first-order chi connectivity index (χ1) is 13.3. The molecule has 4 aliphatic rings. The fraction of sp³-hybridized carbons (Fsp3) is 0.960. The van der Waals surface area contributed by atoms with Crippen molar-refractivity contribution in [3.63, 3.8) is 0 Å². The molecule has 0 heterocycles. The molecule has 0 aromatic carbocycles. The topological polar surface area (TPSA) is 37.3 Å². The molecule has 9 atom stereocenters. The molecule has 0 radical (unpaired) electrons. The van der Waals surface area contributed by atoms with Gasteiger partial charge in [-0.2, -0.15) is 0 Å². The van der Waals surface area contributed by atoms with Gasteiger partial charge in [0, 0.05) is 5.92 Å². The van der Waals surface area contributed by atoms with Gasteiger partial charge < -0.3 is 5.11 Å². The lowest BCUT2D eigenvalue weighted by Crippen LogP contribution is -2.53. The molecular weight excluding hydrogens is 351 g/mol. The number of fused-ring (bicyclic) bond motifs is 5. The molecular formula is C25H41FO2. The van der Waals surface area contributed by atoms with Gasteiger partial charge in [-0.3, -0.25) is 9.18 Å². The molecule has 0 aromatic rings. The normalized spacial score (nSPS) is 47.5. The monoisotopic (exact) mass is 392 g/mol. The number of hydrogen-bond acceptors (Lipinski definition) is 1. The zero-order valence-electron chi connectivity index (χ0n) is 18.3. The van der Waals surface area contributed by atoms with Gasteiger partial charge in [0.25, 0.3) is 0 Å². The minimum atomic E-state index is -0.846. The third kappa shape index (κ3) is 3.14. The van der Waals surface area contributed by atoms with Crippen LogP contribution in [0.2, 0.25) is 0 Å². The van der Waals surface area contributed by atoms with Crippen LogP contribution in [-0.2, 0) is 4.79 Å². The van der Waals surface area contributed by atoms with Crippen LogP contribution in [0, 0.1) is 52.3 Å². The van der Waals surface area contributed by atoms with Crippen molar-refractivity contribution in [2.24, 2.45) is 52.3 Å². The minimum Gasteiger partial charge on any atom is -0.481 e. The highest BCUT2D eigenvalue weighted by Gasteiger charge is 2.60. The number of carboxylic acids is 1. The minimum absolute atomic E-state index is 0.0132. The molecule has 0 amide bonds. The van der Waals surface area contributed by atoms with Crippen LogP contribution in [0.3, 0.4) is 0 Å². The Morgan fingerprint density at radius 1 is 1.00 bits per heavy atom. The number of carboxylic acid groups (broad SMARTS) is 1. The van der Waals surface area contributed by atoms with Gasteiger partial charge in [-0.25, -0.2) is 0 Å². The van der Waals surface area contributed by atoms with Crippen LogP contribution in [-0.4, -0.2) is 17.8 Å². The summed E-state index contributed by atoms with van der Waals surface area (Å²) in [6, 6.07) is 0. The van der Waals surface area contributed by atoms with Crippen molar-refractivity contribution in [1.82, 2.24) is 0 Å². The van der Waals surface area contributed by atoms with Crippen molar-refractivity contribution in [1.29, 1.82) is 0 Å². The van der Waals surface area contributed by atoms with Crippen molar-refractivity contribution >= 4 is 5.97 Å². The van der Waals surface area contributed by atoms with E-state index >= 15 is 0 Å². The van der Waals surface area contributed by atoms with Crippen molar-refractivity contribution < 1.29 is 14.3 Å². The summed E-state index contributed by atoms with van der Waals surface area (Å²) in [6.45, 7) is 6.78. The lowest BCUT2D eigenvalue weighted by atomic mass is 9.44. The number of hydrogen-bond donors (Lipinski definition) is 1. The van der Waals surface area contributed by atoms with E-state index < -0.39 is 12.6 Å². The maximum atomic E-state index is 13.7. The molecule has 1 N–H and O–H groups in total. The summed E-state index contributed by atoms with van der Waals surface area (Å²) in [5, 5.41) is 9.23. The summed E-state index contributed by atoms with van der Waals surface area (Å²) >= 11 is 0. The van der Waals surface area contributed by atoms with Crippen LogP contribution >= 0.6 is 0 Å². The molecule has 0 saturated heterocycles. The summed E-state index contributed by atoms with van der Waals surface area (Å²) in [5.74, 6) is 3.00. The highest BCUT2D eigenvalue weighted by Crippen LogP contribution is 2.68. The van der Waals surface area contributed by atoms with Crippen LogP contribution in [0.5, 0.6) is 0 Å². The number of carbonyl (C=O) groups is 1. The number of aliphatic carboxylic acids is 1. The average Bonchev–Trinajstić information content (AvgIpc) is 3.02. The average molecular weight is 393 g/mol. The van der Waals surface area contributed by atoms with Gasteiger partial charge in [0.15, 0.2) is 0 Å². The highest BCUT2D eigenvalue weighted by atomic mass is 19.1. The molecule has 4 fully saturated rings. The largest absolute Gasteiger partial charge is 0.481 e. The second kappa shape index (κ2) is 7.58. The van der Waals surface area contributed by atoms with Crippen LogP contribution in [0.1, 0.15) is 91.4 Å². The molecule has 0 aliphatic heterocycles.